The lowest BCUT2D eigenvalue weighted by Gasteiger charge is -2.16. The molecule has 1 aliphatic heterocycles. The second kappa shape index (κ2) is 6.66. The average molecular weight is 227 g/mol. The van der Waals surface area contributed by atoms with Crippen molar-refractivity contribution in [2.24, 2.45) is 5.92 Å². The first kappa shape index (κ1) is 13.2. The van der Waals surface area contributed by atoms with Gasteiger partial charge in [0.2, 0.25) is 0 Å². The van der Waals surface area contributed by atoms with Gasteiger partial charge in [-0.15, -0.1) is 0 Å². The third-order valence-corrected chi connectivity index (χ3v) is 2.89. The fourth-order valence-corrected chi connectivity index (χ4v) is 2.04. The largest absolute Gasteiger partial charge is 0.463 e. The molecule has 1 aliphatic rings. The highest BCUT2D eigenvalue weighted by Gasteiger charge is 2.23. The van der Waals surface area contributed by atoms with E-state index in [9.17, 15) is 4.79 Å². The van der Waals surface area contributed by atoms with Gasteiger partial charge in [0.25, 0.3) is 0 Å². The van der Waals surface area contributed by atoms with Crippen LogP contribution in [0.4, 0.5) is 0 Å². The van der Waals surface area contributed by atoms with Crippen molar-refractivity contribution in [1.29, 1.82) is 0 Å². The van der Waals surface area contributed by atoms with Crippen LogP contribution in [0.25, 0.3) is 0 Å². The number of nitrogens with zero attached hydrogens (tertiary/aromatic N) is 1. The van der Waals surface area contributed by atoms with Crippen LogP contribution in [0.15, 0.2) is 12.2 Å². The maximum atomic E-state index is 11.3. The summed E-state index contributed by atoms with van der Waals surface area (Å²) < 4.78 is 4.88. The SMILES string of the molecule is C=C(CN1CCC(CCO)C1)C(=O)OCC. The Morgan fingerprint density at radius 3 is 3.00 bits per heavy atom. The molecule has 0 bridgehead atoms. The van der Waals surface area contributed by atoms with Gasteiger partial charge in [-0.05, 0) is 32.2 Å². The summed E-state index contributed by atoms with van der Waals surface area (Å²) in [5.74, 6) is 0.258. The Morgan fingerprint density at radius 2 is 2.38 bits per heavy atom. The number of aliphatic hydroxyl groups is 1. The Balaban J connectivity index is 2.28. The van der Waals surface area contributed by atoms with Crippen molar-refractivity contribution in [2.75, 3.05) is 32.8 Å². The Bertz CT molecular complexity index is 253. The number of esters is 1. The predicted molar refractivity (Wildman–Crippen MR) is 62.0 cm³/mol. The van der Waals surface area contributed by atoms with Gasteiger partial charge in [0.15, 0.2) is 0 Å². The third-order valence-electron chi connectivity index (χ3n) is 2.89. The molecule has 1 fully saturated rings. The molecule has 4 nitrogen and oxygen atoms in total. The second-order valence-electron chi connectivity index (χ2n) is 4.23. The summed E-state index contributed by atoms with van der Waals surface area (Å²) in [6.45, 7) is 8.68. The number of rotatable bonds is 6. The lowest BCUT2D eigenvalue weighted by Crippen LogP contribution is -2.26. The van der Waals surface area contributed by atoms with E-state index in [0.29, 0.717) is 24.6 Å². The molecular weight excluding hydrogens is 206 g/mol. The zero-order valence-electron chi connectivity index (χ0n) is 9.95. The molecule has 16 heavy (non-hydrogen) atoms. The molecule has 0 saturated carbocycles. The molecule has 1 N–H and O–H groups in total. The Morgan fingerprint density at radius 1 is 1.62 bits per heavy atom. The molecule has 0 radical (unpaired) electrons. The number of hydrogen-bond donors (Lipinski definition) is 1. The summed E-state index contributed by atoms with van der Waals surface area (Å²) in [7, 11) is 0. The first-order valence-electron chi connectivity index (χ1n) is 5.85. The highest BCUT2D eigenvalue weighted by atomic mass is 16.5. The molecule has 0 aromatic heterocycles. The fourth-order valence-electron chi connectivity index (χ4n) is 2.04. The summed E-state index contributed by atoms with van der Waals surface area (Å²) in [4.78, 5) is 13.5. The minimum atomic E-state index is -0.298. The monoisotopic (exact) mass is 227 g/mol. The van der Waals surface area contributed by atoms with E-state index >= 15 is 0 Å². The van der Waals surface area contributed by atoms with Crippen LogP contribution in [0.1, 0.15) is 19.8 Å². The van der Waals surface area contributed by atoms with E-state index in [1.807, 2.05) is 0 Å². The first-order chi connectivity index (χ1) is 7.67. The van der Waals surface area contributed by atoms with Gasteiger partial charge in [-0.1, -0.05) is 6.58 Å². The Hall–Kier alpha value is -0.870. The summed E-state index contributed by atoms with van der Waals surface area (Å²) in [5, 5.41) is 8.84. The number of hydrogen-bond acceptors (Lipinski definition) is 4. The van der Waals surface area contributed by atoms with Gasteiger partial charge in [-0.3, -0.25) is 4.90 Å². The van der Waals surface area contributed by atoms with Crippen molar-refractivity contribution >= 4 is 5.97 Å². The molecule has 0 spiro atoms. The molecule has 4 heteroatoms. The van der Waals surface area contributed by atoms with Crippen LogP contribution < -0.4 is 0 Å². The maximum absolute atomic E-state index is 11.3. The van der Waals surface area contributed by atoms with Gasteiger partial charge in [0.05, 0.1) is 6.61 Å². The molecule has 92 valence electrons. The van der Waals surface area contributed by atoms with Crippen LogP contribution in [0.3, 0.4) is 0 Å². The topological polar surface area (TPSA) is 49.8 Å². The molecule has 1 atom stereocenters. The van der Waals surface area contributed by atoms with Crippen LogP contribution >= 0.6 is 0 Å². The fraction of sp³-hybridized carbons (Fsp3) is 0.750. The second-order valence-corrected chi connectivity index (χ2v) is 4.23. The maximum Gasteiger partial charge on any atom is 0.334 e. The predicted octanol–water partition coefficient (Wildman–Crippen LogP) is 0.810. The molecule has 0 aliphatic carbocycles. The number of likely N-dealkylation sites (tertiary alicyclic amines) is 1. The van der Waals surface area contributed by atoms with E-state index in [2.05, 4.69) is 11.5 Å². The average Bonchev–Trinajstić information content (AvgIpc) is 2.66. The highest BCUT2D eigenvalue weighted by Crippen LogP contribution is 2.19. The van der Waals surface area contributed by atoms with E-state index in [1.54, 1.807) is 6.92 Å². The summed E-state index contributed by atoms with van der Waals surface area (Å²) in [6, 6.07) is 0. The molecule has 1 saturated heterocycles. The van der Waals surface area contributed by atoms with Crippen molar-refractivity contribution < 1.29 is 14.6 Å². The molecule has 0 aromatic rings. The molecular formula is C12H21NO3. The van der Waals surface area contributed by atoms with E-state index in [4.69, 9.17) is 9.84 Å². The minimum absolute atomic E-state index is 0.247. The standard InChI is InChI=1S/C12H21NO3/c1-3-16-12(15)10(2)8-13-6-4-11(9-13)5-7-14/h11,14H,2-9H2,1H3. The number of carbonyl (C=O) groups excluding carboxylic acids is 1. The van der Waals surface area contributed by atoms with Crippen LogP contribution in [0.5, 0.6) is 0 Å². The lowest BCUT2D eigenvalue weighted by atomic mass is 10.1. The van der Waals surface area contributed by atoms with Crippen molar-refractivity contribution in [3.05, 3.63) is 12.2 Å². The zero-order valence-corrected chi connectivity index (χ0v) is 9.95. The summed E-state index contributed by atoms with van der Waals surface area (Å²) in [5.41, 5.74) is 0.520. The van der Waals surface area contributed by atoms with Gasteiger partial charge in [-0.2, -0.15) is 0 Å². The quantitative estimate of drug-likeness (QED) is 0.539. The smallest absolute Gasteiger partial charge is 0.334 e. The van der Waals surface area contributed by atoms with E-state index in [0.717, 1.165) is 25.9 Å². The van der Waals surface area contributed by atoms with Gasteiger partial charge in [-0.25, -0.2) is 4.79 Å². The van der Waals surface area contributed by atoms with Gasteiger partial charge >= 0.3 is 5.97 Å². The normalized spacial score (nSPS) is 21.0. The molecule has 0 amide bonds. The summed E-state index contributed by atoms with van der Waals surface area (Å²) >= 11 is 0. The molecule has 0 aromatic carbocycles. The first-order valence-corrected chi connectivity index (χ1v) is 5.85. The number of ether oxygens (including phenoxy) is 1. The molecule has 1 rings (SSSR count). The van der Waals surface area contributed by atoms with Crippen LogP contribution in [0.2, 0.25) is 0 Å². The Kier molecular flexibility index (Phi) is 5.49. The van der Waals surface area contributed by atoms with E-state index < -0.39 is 0 Å². The molecule has 1 heterocycles. The van der Waals surface area contributed by atoms with Crippen molar-refractivity contribution in [3.63, 3.8) is 0 Å². The van der Waals surface area contributed by atoms with Crippen LogP contribution in [0, 0.1) is 5.92 Å². The lowest BCUT2D eigenvalue weighted by molar-refractivity contribution is -0.138. The molecule has 1 unspecified atom stereocenters. The third kappa shape index (κ3) is 3.94. The van der Waals surface area contributed by atoms with Crippen molar-refractivity contribution in [3.8, 4) is 0 Å². The van der Waals surface area contributed by atoms with Crippen LogP contribution in [-0.2, 0) is 9.53 Å². The number of carbonyl (C=O) groups is 1. The number of aliphatic hydroxyl groups excluding tert-OH is 1. The van der Waals surface area contributed by atoms with Crippen LogP contribution in [-0.4, -0.2) is 48.8 Å². The summed E-state index contributed by atoms with van der Waals surface area (Å²) in [6.07, 6.45) is 1.94. The highest BCUT2D eigenvalue weighted by molar-refractivity contribution is 5.88. The van der Waals surface area contributed by atoms with E-state index in [1.165, 1.54) is 0 Å². The minimum Gasteiger partial charge on any atom is -0.463 e. The van der Waals surface area contributed by atoms with Crippen molar-refractivity contribution in [1.82, 2.24) is 4.90 Å². The Labute approximate surface area is 96.9 Å². The van der Waals surface area contributed by atoms with Crippen molar-refractivity contribution in [2.45, 2.75) is 19.8 Å². The van der Waals surface area contributed by atoms with Gasteiger partial charge in [0, 0.05) is 25.3 Å². The zero-order chi connectivity index (χ0) is 12.0. The van der Waals surface area contributed by atoms with Gasteiger partial charge < -0.3 is 9.84 Å². The van der Waals surface area contributed by atoms with E-state index in [-0.39, 0.29) is 12.6 Å². The van der Waals surface area contributed by atoms with Gasteiger partial charge in [0.1, 0.15) is 0 Å².